The van der Waals surface area contributed by atoms with E-state index in [2.05, 4.69) is 16.8 Å². The lowest BCUT2D eigenvalue weighted by Gasteiger charge is -2.25. The summed E-state index contributed by atoms with van der Waals surface area (Å²) in [4.78, 5) is 14.4. The minimum absolute atomic E-state index is 0.107. The molecule has 0 spiro atoms. The number of nitrogens with zero attached hydrogens (tertiary/aromatic N) is 3. The van der Waals surface area contributed by atoms with Gasteiger partial charge in [0.25, 0.3) is 0 Å². The Morgan fingerprint density at radius 3 is 2.88 bits per heavy atom. The van der Waals surface area contributed by atoms with Crippen molar-refractivity contribution in [2.75, 3.05) is 10.7 Å². The molecule has 4 nitrogen and oxygen atoms in total. The lowest BCUT2D eigenvalue weighted by atomic mass is 10.1. The van der Waals surface area contributed by atoms with Crippen LogP contribution in [-0.2, 0) is 11.3 Å². The smallest absolute Gasteiger partial charge is 0.245 e. The number of para-hydroxylation sites is 1. The number of hydrogen-bond donors (Lipinski definition) is 0. The van der Waals surface area contributed by atoms with Crippen LogP contribution in [0.15, 0.2) is 41.3 Å². The molecule has 0 aliphatic carbocycles. The van der Waals surface area contributed by atoms with Crippen LogP contribution in [0.25, 0.3) is 0 Å². The van der Waals surface area contributed by atoms with E-state index in [4.69, 9.17) is 11.6 Å². The quantitative estimate of drug-likeness (QED) is 0.378. The fourth-order valence-electron chi connectivity index (χ4n) is 2.12. The van der Waals surface area contributed by atoms with E-state index in [0.717, 1.165) is 26.4 Å². The Morgan fingerprint density at radius 1 is 1.46 bits per heavy atom. The number of benzene rings is 1. The molecule has 0 fully saturated rings. The Kier molecular flexibility index (Phi) is 7.27. The van der Waals surface area contributed by atoms with Gasteiger partial charge in [-0.05, 0) is 25.0 Å². The summed E-state index contributed by atoms with van der Waals surface area (Å²) in [5.74, 6) is 0.679. The Hall–Kier alpha value is -1.37. The predicted octanol–water partition coefficient (Wildman–Crippen LogP) is 4.68. The number of amides is 1. The van der Waals surface area contributed by atoms with Gasteiger partial charge >= 0.3 is 0 Å². The summed E-state index contributed by atoms with van der Waals surface area (Å²) in [5.41, 5.74) is 1.88. The highest BCUT2D eigenvalue weighted by molar-refractivity contribution is 8.01. The Morgan fingerprint density at radius 2 is 2.21 bits per heavy atom. The number of rotatable bonds is 8. The van der Waals surface area contributed by atoms with Gasteiger partial charge in [0.2, 0.25) is 5.91 Å². The van der Waals surface area contributed by atoms with Gasteiger partial charge < -0.3 is 4.90 Å². The molecule has 1 amide bonds. The van der Waals surface area contributed by atoms with Crippen LogP contribution in [0, 0.1) is 6.92 Å². The van der Waals surface area contributed by atoms with Crippen LogP contribution in [-0.4, -0.2) is 27.2 Å². The van der Waals surface area contributed by atoms with E-state index >= 15 is 0 Å². The van der Waals surface area contributed by atoms with Gasteiger partial charge in [0.1, 0.15) is 10.4 Å². The summed E-state index contributed by atoms with van der Waals surface area (Å²) in [6.07, 6.45) is 2.41. The van der Waals surface area contributed by atoms with Gasteiger partial charge in [0.05, 0.1) is 6.54 Å². The third-order valence-corrected chi connectivity index (χ3v) is 5.90. The summed E-state index contributed by atoms with van der Waals surface area (Å²) in [5, 5.41) is 8.61. The first-order chi connectivity index (χ1) is 11.6. The minimum Gasteiger partial charge on any atom is -0.304 e. The molecule has 24 heavy (non-hydrogen) atoms. The highest BCUT2D eigenvalue weighted by Gasteiger charge is 2.25. The van der Waals surface area contributed by atoms with E-state index in [1.165, 1.54) is 11.3 Å². The van der Waals surface area contributed by atoms with E-state index < -0.39 is 5.38 Å². The van der Waals surface area contributed by atoms with Crippen LogP contribution in [0.1, 0.15) is 23.9 Å². The molecule has 2 aromatic rings. The highest BCUT2D eigenvalue weighted by Crippen LogP contribution is 2.27. The number of carbonyl (C=O) groups excluding carboxylic acids is 1. The Balaban J connectivity index is 2.26. The molecule has 0 saturated heterocycles. The summed E-state index contributed by atoms with van der Waals surface area (Å²) in [7, 11) is 0. The number of thioether (sulfide) groups is 1. The largest absolute Gasteiger partial charge is 0.304 e. The molecule has 2 rings (SSSR count). The number of alkyl halides is 1. The average molecular weight is 382 g/mol. The van der Waals surface area contributed by atoms with Gasteiger partial charge in [-0.2, -0.15) is 0 Å². The van der Waals surface area contributed by atoms with E-state index in [1.54, 1.807) is 16.7 Å². The molecule has 1 atom stereocenters. The Bertz CT molecular complexity index is 705. The van der Waals surface area contributed by atoms with Crippen LogP contribution >= 0.6 is 34.7 Å². The molecule has 1 heterocycles. The van der Waals surface area contributed by atoms with Crippen LogP contribution in [0.2, 0.25) is 0 Å². The maximum Gasteiger partial charge on any atom is 0.245 e. The third kappa shape index (κ3) is 4.82. The standard InChI is InChI=1S/C17H20ClN3OS2/c1-4-10-23-17-20-19-15(24-17)11-21(16(22)13(18)5-2)14-9-7-6-8-12(14)3/h4,6-9,13H,1,5,10-11H2,2-3H3. The summed E-state index contributed by atoms with van der Waals surface area (Å²) in [6.45, 7) is 7.96. The molecule has 0 radical (unpaired) electrons. The van der Waals surface area contributed by atoms with Gasteiger partial charge in [0.15, 0.2) is 4.34 Å². The van der Waals surface area contributed by atoms with Crippen molar-refractivity contribution >= 4 is 46.3 Å². The topological polar surface area (TPSA) is 46.1 Å². The molecule has 0 aliphatic rings. The number of anilines is 1. The van der Waals surface area contributed by atoms with Crippen LogP contribution in [0.3, 0.4) is 0 Å². The first kappa shape index (κ1) is 19.0. The second-order valence-corrected chi connectivity index (χ2v) is 8.00. The van der Waals surface area contributed by atoms with Crippen molar-refractivity contribution in [1.29, 1.82) is 0 Å². The molecule has 0 bridgehead atoms. The maximum absolute atomic E-state index is 12.7. The predicted molar refractivity (Wildman–Crippen MR) is 103 cm³/mol. The molecule has 0 saturated carbocycles. The molecule has 0 N–H and O–H groups in total. The zero-order chi connectivity index (χ0) is 17.5. The summed E-state index contributed by atoms with van der Waals surface area (Å²) in [6, 6.07) is 7.79. The Labute approximate surface area is 155 Å². The molecule has 0 aliphatic heterocycles. The molecule has 1 aromatic heterocycles. The summed E-state index contributed by atoms with van der Waals surface area (Å²) >= 11 is 9.29. The molecule has 1 aromatic carbocycles. The van der Waals surface area contributed by atoms with Gasteiger partial charge in [-0.1, -0.05) is 54.3 Å². The number of halogens is 1. The second kappa shape index (κ2) is 9.20. The van der Waals surface area contributed by atoms with Gasteiger partial charge in [-0.3, -0.25) is 4.79 Å². The van der Waals surface area contributed by atoms with Crippen molar-refractivity contribution in [2.24, 2.45) is 0 Å². The zero-order valence-electron chi connectivity index (χ0n) is 13.7. The van der Waals surface area contributed by atoms with Crippen molar-refractivity contribution in [2.45, 2.75) is 36.5 Å². The van der Waals surface area contributed by atoms with Gasteiger partial charge in [-0.15, -0.1) is 28.4 Å². The van der Waals surface area contributed by atoms with Crippen LogP contribution < -0.4 is 4.90 Å². The fraction of sp³-hybridized carbons (Fsp3) is 0.353. The first-order valence-corrected chi connectivity index (χ1v) is 9.87. The SMILES string of the molecule is C=CCSc1nnc(CN(C(=O)C(Cl)CC)c2ccccc2C)s1. The highest BCUT2D eigenvalue weighted by atomic mass is 35.5. The first-order valence-electron chi connectivity index (χ1n) is 7.64. The van der Waals surface area contributed by atoms with Crippen molar-refractivity contribution in [1.82, 2.24) is 10.2 Å². The normalized spacial score (nSPS) is 12.0. The molecule has 7 heteroatoms. The number of carbonyl (C=O) groups is 1. The van der Waals surface area contributed by atoms with Gasteiger partial charge in [-0.25, -0.2) is 0 Å². The summed E-state index contributed by atoms with van der Waals surface area (Å²) < 4.78 is 0.875. The van der Waals surface area contributed by atoms with E-state index in [1.807, 2.05) is 44.2 Å². The van der Waals surface area contributed by atoms with Crippen molar-refractivity contribution in [3.8, 4) is 0 Å². The van der Waals surface area contributed by atoms with E-state index in [9.17, 15) is 4.79 Å². The maximum atomic E-state index is 12.7. The fourth-order valence-corrected chi connectivity index (χ4v) is 3.88. The molecular formula is C17H20ClN3OS2. The monoisotopic (exact) mass is 381 g/mol. The number of aryl methyl sites for hydroxylation is 1. The van der Waals surface area contributed by atoms with E-state index in [-0.39, 0.29) is 5.91 Å². The van der Waals surface area contributed by atoms with Gasteiger partial charge in [0, 0.05) is 11.4 Å². The van der Waals surface area contributed by atoms with E-state index in [0.29, 0.717) is 13.0 Å². The second-order valence-electron chi connectivity index (χ2n) is 5.15. The van der Waals surface area contributed by atoms with Crippen molar-refractivity contribution < 1.29 is 4.79 Å². The average Bonchev–Trinajstić information content (AvgIpc) is 3.04. The lowest BCUT2D eigenvalue weighted by molar-refractivity contribution is -0.118. The van der Waals surface area contributed by atoms with Crippen molar-refractivity contribution in [3.63, 3.8) is 0 Å². The number of hydrogen-bond acceptors (Lipinski definition) is 5. The van der Waals surface area contributed by atoms with Crippen molar-refractivity contribution in [3.05, 3.63) is 47.5 Å². The molecule has 128 valence electrons. The molecule has 1 unspecified atom stereocenters. The van der Waals surface area contributed by atoms with Crippen LogP contribution in [0.5, 0.6) is 0 Å². The lowest BCUT2D eigenvalue weighted by Crippen LogP contribution is -2.36. The zero-order valence-corrected chi connectivity index (χ0v) is 16.1. The van der Waals surface area contributed by atoms with Crippen LogP contribution in [0.4, 0.5) is 5.69 Å². The molecular weight excluding hydrogens is 362 g/mol. The number of aromatic nitrogens is 2. The minimum atomic E-state index is -0.549. The third-order valence-electron chi connectivity index (χ3n) is 3.37.